The number of phenolic OH excluding ortho intramolecular Hbond substituents is 1. The molecule has 0 amide bonds. The van der Waals surface area contributed by atoms with E-state index in [4.69, 9.17) is 9.05 Å². The number of benzene rings is 1. The van der Waals surface area contributed by atoms with Gasteiger partial charge in [0.15, 0.2) is 5.78 Å². The monoisotopic (exact) mass is 286 g/mol. The Morgan fingerprint density at radius 2 is 2.00 bits per heavy atom. The fourth-order valence-corrected chi connectivity index (χ4v) is 2.72. The Balaban J connectivity index is 2.81. The number of rotatable bonds is 7. The lowest BCUT2D eigenvalue weighted by Crippen LogP contribution is -2.00. The zero-order valence-electron chi connectivity index (χ0n) is 11.4. The van der Waals surface area contributed by atoms with Crippen LogP contribution in [0.3, 0.4) is 0 Å². The maximum atomic E-state index is 12.1. The van der Waals surface area contributed by atoms with Gasteiger partial charge in [0.05, 0.1) is 18.8 Å². The third-order valence-corrected chi connectivity index (χ3v) is 4.53. The Kier molecular flexibility index (Phi) is 5.73. The molecule has 0 saturated heterocycles. The number of ketones is 1. The van der Waals surface area contributed by atoms with Gasteiger partial charge in [0.2, 0.25) is 0 Å². The van der Waals surface area contributed by atoms with Crippen LogP contribution in [-0.2, 0) is 20.2 Å². The molecule has 0 fully saturated rings. The maximum Gasteiger partial charge on any atom is 0.330 e. The molecule has 0 aromatic heterocycles. The zero-order valence-corrected chi connectivity index (χ0v) is 12.3. The molecular formula is C13H19O5P. The fourth-order valence-electron chi connectivity index (χ4n) is 1.54. The number of phenols is 1. The molecule has 106 valence electrons. The molecule has 0 aliphatic carbocycles. The molecule has 0 heterocycles. The predicted octanol–water partition coefficient (Wildman–Crippen LogP) is 3.36. The van der Waals surface area contributed by atoms with Crippen molar-refractivity contribution in [2.24, 2.45) is 0 Å². The highest BCUT2D eigenvalue weighted by molar-refractivity contribution is 7.53. The number of carbonyl (C=O) groups excluding carboxylic acids is 1. The Morgan fingerprint density at radius 1 is 1.32 bits per heavy atom. The zero-order chi connectivity index (χ0) is 14.5. The molecule has 5 nitrogen and oxygen atoms in total. The molecule has 6 heteroatoms. The molecule has 0 aliphatic rings. The van der Waals surface area contributed by atoms with Crippen LogP contribution in [0.5, 0.6) is 5.75 Å². The number of aromatic hydroxyl groups is 1. The quantitative estimate of drug-likeness (QED) is 0.614. The third kappa shape index (κ3) is 4.46. The van der Waals surface area contributed by atoms with Crippen molar-refractivity contribution in [3.8, 4) is 5.75 Å². The highest BCUT2D eigenvalue weighted by Gasteiger charge is 2.21. The number of hydrogen-bond donors (Lipinski definition) is 1. The largest absolute Gasteiger partial charge is 0.507 e. The molecule has 0 saturated carbocycles. The topological polar surface area (TPSA) is 72.8 Å². The van der Waals surface area contributed by atoms with Gasteiger partial charge < -0.3 is 14.2 Å². The van der Waals surface area contributed by atoms with Gasteiger partial charge in [-0.1, -0.05) is 13.0 Å². The average Bonchev–Trinajstić information content (AvgIpc) is 2.38. The van der Waals surface area contributed by atoms with E-state index >= 15 is 0 Å². The van der Waals surface area contributed by atoms with Gasteiger partial charge in [0.25, 0.3) is 0 Å². The van der Waals surface area contributed by atoms with Crippen LogP contribution in [0.1, 0.15) is 36.7 Å². The van der Waals surface area contributed by atoms with Gasteiger partial charge in [-0.25, -0.2) is 0 Å². The summed E-state index contributed by atoms with van der Waals surface area (Å²) in [5.74, 6) is -0.303. The first kappa shape index (κ1) is 15.9. The van der Waals surface area contributed by atoms with Crippen molar-refractivity contribution >= 4 is 13.4 Å². The van der Waals surface area contributed by atoms with Gasteiger partial charge in [0.1, 0.15) is 5.75 Å². The van der Waals surface area contributed by atoms with E-state index in [9.17, 15) is 14.5 Å². The van der Waals surface area contributed by atoms with E-state index in [1.807, 2.05) is 0 Å². The number of carbonyl (C=O) groups is 1. The van der Waals surface area contributed by atoms with E-state index in [0.717, 1.165) is 0 Å². The third-order valence-electron chi connectivity index (χ3n) is 2.58. The van der Waals surface area contributed by atoms with Crippen LogP contribution in [0.25, 0.3) is 0 Å². The van der Waals surface area contributed by atoms with Gasteiger partial charge in [0, 0.05) is 6.16 Å². The second-order valence-corrected chi connectivity index (χ2v) is 6.40. The van der Waals surface area contributed by atoms with Crippen molar-refractivity contribution in [2.75, 3.05) is 12.8 Å². The van der Waals surface area contributed by atoms with Crippen molar-refractivity contribution < 1.29 is 23.5 Å². The Hall–Kier alpha value is -1.16. The minimum absolute atomic E-state index is 0.0697. The van der Waals surface area contributed by atoms with Crippen molar-refractivity contribution in [3.63, 3.8) is 0 Å². The van der Waals surface area contributed by atoms with E-state index in [1.165, 1.54) is 19.1 Å². The summed E-state index contributed by atoms with van der Waals surface area (Å²) >= 11 is 0. The summed E-state index contributed by atoms with van der Waals surface area (Å²) in [4.78, 5) is 11.3. The van der Waals surface area contributed by atoms with Gasteiger partial charge in [-0.15, -0.1) is 0 Å². The van der Waals surface area contributed by atoms with Gasteiger partial charge in [-0.05, 0) is 31.5 Å². The summed E-state index contributed by atoms with van der Waals surface area (Å²) < 4.78 is 22.5. The highest BCUT2D eigenvalue weighted by Crippen LogP contribution is 2.48. The molecule has 0 bridgehead atoms. The molecule has 1 unspecified atom stereocenters. The van der Waals surface area contributed by atoms with E-state index in [-0.39, 0.29) is 23.7 Å². The minimum Gasteiger partial charge on any atom is -0.507 e. The van der Waals surface area contributed by atoms with Crippen LogP contribution in [-0.4, -0.2) is 23.7 Å². The Bertz CT molecular complexity index is 498. The van der Waals surface area contributed by atoms with Crippen LogP contribution in [0, 0.1) is 0 Å². The minimum atomic E-state index is -3.06. The molecule has 1 aromatic rings. The molecule has 1 aromatic carbocycles. The summed E-state index contributed by atoms with van der Waals surface area (Å²) in [6.45, 7) is 5.25. The van der Waals surface area contributed by atoms with E-state index in [2.05, 4.69) is 0 Å². The van der Waals surface area contributed by atoms with E-state index in [0.29, 0.717) is 18.3 Å². The van der Waals surface area contributed by atoms with Gasteiger partial charge in [-0.2, -0.15) is 0 Å². The van der Waals surface area contributed by atoms with Crippen LogP contribution in [0.15, 0.2) is 18.2 Å². The molecule has 1 N–H and O–H groups in total. The molecule has 1 atom stereocenters. The average molecular weight is 286 g/mol. The fraction of sp³-hybridized carbons (Fsp3) is 0.462. The highest BCUT2D eigenvalue weighted by atomic mass is 31.2. The summed E-state index contributed by atoms with van der Waals surface area (Å²) in [7, 11) is -3.06. The first-order valence-corrected chi connectivity index (χ1v) is 7.85. The molecule has 0 spiro atoms. The summed E-state index contributed by atoms with van der Waals surface area (Å²) in [5, 5.41) is 9.52. The first-order chi connectivity index (χ1) is 8.91. The van der Waals surface area contributed by atoms with Gasteiger partial charge in [-0.3, -0.25) is 9.36 Å². The normalized spacial score (nSPS) is 14.1. The lowest BCUT2D eigenvalue weighted by atomic mass is 10.1. The Morgan fingerprint density at radius 3 is 2.53 bits per heavy atom. The molecule has 0 aliphatic heterocycles. The van der Waals surface area contributed by atoms with Crippen molar-refractivity contribution in [1.82, 2.24) is 0 Å². The lowest BCUT2D eigenvalue weighted by Gasteiger charge is -2.16. The maximum absolute atomic E-state index is 12.1. The van der Waals surface area contributed by atoms with Crippen LogP contribution in [0.4, 0.5) is 0 Å². The van der Waals surface area contributed by atoms with Crippen LogP contribution in [0.2, 0.25) is 0 Å². The molecule has 0 radical (unpaired) electrons. The van der Waals surface area contributed by atoms with Crippen molar-refractivity contribution in [2.45, 2.75) is 27.4 Å². The standard InChI is InChI=1S/C13H19O5P/c1-4-17-19(16,5-2)18-9-11-6-7-13(15)12(8-11)10(3)14/h6-8,15H,4-5,9H2,1-3H3. The van der Waals surface area contributed by atoms with Crippen molar-refractivity contribution in [3.05, 3.63) is 29.3 Å². The molecule has 1 rings (SSSR count). The lowest BCUT2D eigenvalue weighted by molar-refractivity contribution is 0.101. The molecule has 19 heavy (non-hydrogen) atoms. The molecular weight excluding hydrogens is 267 g/mol. The Labute approximate surface area is 113 Å². The number of Topliss-reactive ketones (excluding diaryl/α,β-unsaturated/α-hetero) is 1. The van der Waals surface area contributed by atoms with Crippen molar-refractivity contribution in [1.29, 1.82) is 0 Å². The van der Waals surface area contributed by atoms with E-state index < -0.39 is 7.60 Å². The second-order valence-electron chi connectivity index (χ2n) is 4.03. The number of hydrogen-bond acceptors (Lipinski definition) is 5. The van der Waals surface area contributed by atoms with Crippen LogP contribution >= 0.6 is 7.60 Å². The summed E-state index contributed by atoms with van der Waals surface area (Å²) in [6.07, 6.45) is 0.290. The summed E-state index contributed by atoms with van der Waals surface area (Å²) in [6, 6.07) is 4.57. The smallest absolute Gasteiger partial charge is 0.330 e. The van der Waals surface area contributed by atoms with E-state index in [1.54, 1.807) is 19.9 Å². The summed E-state index contributed by atoms with van der Waals surface area (Å²) in [5.41, 5.74) is 0.889. The van der Waals surface area contributed by atoms with Crippen LogP contribution < -0.4 is 0 Å². The first-order valence-electron chi connectivity index (χ1n) is 6.12. The SMILES string of the molecule is CCOP(=O)(CC)OCc1ccc(O)c(C(C)=O)c1. The second kappa shape index (κ2) is 6.85. The van der Waals surface area contributed by atoms with Gasteiger partial charge >= 0.3 is 7.60 Å². The predicted molar refractivity (Wildman–Crippen MR) is 72.7 cm³/mol.